The van der Waals surface area contributed by atoms with Crippen LogP contribution in [-0.2, 0) is 6.61 Å². The standard InChI is InChI=1S/C13H9BrF2O4/c1-6-7(2-11(20-6)13(17)18)5-19-12-9(14)3-8(15)4-10(12)16/h2-4H,5H2,1H3,(H,17,18). The summed E-state index contributed by atoms with van der Waals surface area (Å²) >= 11 is 3.00. The first kappa shape index (κ1) is 14.5. The monoisotopic (exact) mass is 346 g/mol. The Morgan fingerprint density at radius 1 is 1.40 bits per heavy atom. The number of carboxylic acid groups (broad SMARTS) is 1. The van der Waals surface area contributed by atoms with Crippen molar-refractivity contribution in [2.45, 2.75) is 13.5 Å². The van der Waals surface area contributed by atoms with E-state index in [0.717, 1.165) is 6.07 Å². The van der Waals surface area contributed by atoms with E-state index in [1.807, 2.05) is 0 Å². The molecular weight excluding hydrogens is 338 g/mol. The second-order valence-electron chi connectivity index (χ2n) is 3.98. The first-order chi connectivity index (χ1) is 9.38. The third-order valence-electron chi connectivity index (χ3n) is 2.57. The zero-order valence-electron chi connectivity index (χ0n) is 10.2. The topological polar surface area (TPSA) is 59.7 Å². The Morgan fingerprint density at radius 3 is 2.65 bits per heavy atom. The Morgan fingerprint density at radius 2 is 2.10 bits per heavy atom. The van der Waals surface area contributed by atoms with Crippen LogP contribution in [0.15, 0.2) is 27.1 Å². The van der Waals surface area contributed by atoms with Crippen LogP contribution >= 0.6 is 15.9 Å². The van der Waals surface area contributed by atoms with Crippen LogP contribution in [0.1, 0.15) is 21.9 Å². The van der Waals surface area contributed by atoms with Crippen LogP contribution in [0.2, 0.25) is 0 Å². The fourth-order valence-electron chi connectivity index (χ4n) is 1.59. The smallest absolute Gasteiger partial charge is 0.371 e. The summed E-state index contributed by atoms with van der Waals surface area (Å²) in [6.45, 7) is 1.48. The lowest BCUT2D eigenvalue weighted by atomic mass is 10.2. The van der Waals surface area contributed by atoms with Crippen molar-refractivity contribution in [1.82, 2.24) is 0 Å². The van der Waals surface area contributed by atoms with Crippen LogP contribution in [0, 0.1) is 18.6 Å². The number of aryl methyl sites for hydroxylation is 1. The van der Waals surface area contributed by atoms with Crippen LogP contribution in [0.25, 0.3) is 0 Å². The van der Waals surface area contributed by atoms with Gasteiger partial charge >= 0.3 is 5.97 Å². The fourth-order valence-corrected chi connectivity index (χ4v) is 2.11. The molecule has 0 bridgehead atoms. The van der Waals surface area contributed by atoms with E-state index in [-0.39, 0.29) is 22.6 Å². The molecule has 0 fully saturated rings. The number of rotatable bonds is 4. The Balaban J connectivity index is 2.19. The normalized spacial score (nSPS) is 10.6. The number of carbonyl (C=O) groups is 1. The second kappa shape index (κ2) is 5.62. The van der Waals surface area contributed by atoms with Gasteiger partial charge in [0.2, 0.25) is 5.76 Å². The quantitative estimate of drug-likeness (QED) is 0.911. The summed E-state index contributed by atoms with van der Waals surface area (Å²) in [6.07, 6.45) is 0. The third-order valence-corrected chi connectivity index (χ3v) is 3.16. The lowest BCUT2D eigenvalue weighted by Crippen LogP contribution is -1.99. The number of aromatic carboxylic acids is 1. The zero-order valence-corrected chi connectivity index (χ0v) is 11.8. The predicted molar refractivity (Wildman–Crippen MR) is 68.8 cm³/mol. The molecule has 0 aliphatic carbocycles. The van der Waals surface area contributed by atoms with Gasteiger partial charge in [0, 0.05) is 11.6 Å². The van der Waals surface area contributed by atoms with Crippen molar-refractivity contribution in [3.05, 3.63) is 51.4 Å². The molecule has 0 amide bonds. The van der Waals surface area contributed by atoms with E-state index in [4.69, 9.17) is 14.3 Å². The van der Waals surface area contributed by atoms with Gasteiger partial charge in [-0.2, -0.15) is 0 Å². The molecule has 2 aromatic rings. The molecule has 0 aliphatic rings. The largest absolute Gasteiger partial charge is 0.484 e. The molecular formula is C13H9BrF2O4. The van der Waals surface area contributed by atoms with Gasteiger partial charge in [-0.25, -0.2) is 13.6 Å². The summed E-state index contributed by atoms with van der Waals surface area (Å²) in [5.74, 6) is -2.79. The molecule has 1 heterocycles. The minimum absolute atomic E-state index is 0.0935. The number of ether oxygens (including phenoxy) is 1. The zero-order chi connectivity index (χ0) is 14.9. The maximum Gasteiger partial charge on any atom is 0.371 e. The molecule has 0 aliphatic heterocycles. The highest BCUT2D eigenvalue weighted by Crippen LogP contribution is 2.30. The van der Waals surface area contributed by atoms with Gasteiger partial charge in [0.15, 0.2) is 11.6 Å². The Kier molecular flexibility index (Phi) is 4.08. The van der Waals surface area contributed by atoms with E-state index in [2.05, 4.69) is 15.9 Å². The van der Waals surface area contributed by atoms with Crippen molar-refractivity contribution in [3.63, 3.8) is 0 Å². The molecule has 2 rings (SSSR count). The molecule has 0 saturated carbocycles. The van der Waals surface area contributed by atoms with Crippen molar-refractivity contribution in [2.24, 2.45) is 0 Å². The maximum absolute atomic E-state index is 13.5. The average molecular weight is 347 g/mol. The molecule has 0 saturated heterocycles. The minimum atomic E-state index is -1.20. The molecule has 20 heavy (non-hydrogen) atoms. The highest BCUT2D eigenvalue weighted by Gasteiger charge is 2.16. The lowest BCUT2D eigenvalue weighted by Gasteiger charge is -2.08. The van der Waals surface area contributed by atoms with Crippen molar-refractivity contribution in [1.29, 1.82) is 0 Å². The van der Waals surface area contributed by atoms with Crippen LogP contribution in [0.4, 0.5) is 8.78 Å². The highest BCUT2D eigenvalue weighted by molar-refractivity contribution is 9.10. The number of hydrogen-bond acceptors (Lipinski definition) is 3. The van der Waals surface area contributed by atoms with E-state index >= 15 is 0 Å². The van der Waals surface area contributed by atoms with Crippen LogP contribution in [0.5, 0.6) is 5.75 Å². The molecule has 0 spiro atoms. The summed E-state index contributed by atoms with van der Waals surface area (Å²) in [5.41, 5.74) is 0.470. The lowest BCUT2D eigenvalue weighted by molar-refractivity contribution is 0.0661. The molecule has 1 aromatic heterocycles. The van der Waals surface area contributed by atoms with Gasteiger partial charge < -0.3 is 14.3 Å². The molecule has 7 heteroatoms. The molecule has 0 unspecified atom stereocenters. The molecule has 106 valence electrons. The summed E-state index contributed by atoms with van der Waals surface area (Å²) < 4.78 is 36.8. The van der Waals surface area contributed by atoms with Gasteiger partial charge in [-0.3, -0.25) is 0 Å². The van der Waals surface area contributed by atoms with Gasteiger partial charge in [-0.05, 0) is 35.0 Å². The maximum atomic E-state index is 13.5. The van der Waals surface area contributed by atoms with Crippen molar-refractivity contribution in [2.75, 3.05) is 0 Å². The van der Waals surface area contributed by atoms with Gasteiger partial charge in [-0.15, -0.1) is 0 Å². The predicted octanol–water partition coefficient (Wildman–Crippen LogP) is 3.91. The highest BCUT2D eigenvalue weighted by atomic mass is 79.9. The Bertz CT molecular complexity index is 643. The summed E-state index contributed by atoms with van der Waals surface area (Å²) in [5, 5.41) is 8.78. The number of halogens is 3. The number of furan rings is 1. The second-order valence-corrected chi connectivity index (χ2v) is 4.84. The van der Waals surface area contributed by atoms with Gasteiger partial charge in [-0.1, -0.05) is 0 Å². The van der Waals surface area contributed by atoms with Crippen molar-refractivity contribution in [3.8, 4) is 5.75 Å². The van der Waals surface area contributed by atoms with E-state index in [1.165, 1.54) is 6.07 Å². The van der Waals surface area contributed by atoms with E-state index < -0.39 is 17.6 Å². The summed E-state index contributed by atoms with van der Waals surface area (Å²) in [6, 6.07) is 3.07. The van der Waals surface area contributed by atoms with Crippen LogP contribution in [-0.4, -0.2) is 11.1 Å². The summed E-state index contributed by atoms with van der Waals surface area (Å²) in [4.78, 5) is 10.7. The molecule has 0 atom stereocenters. The van der Waals surface area contributed by atoms with Gasteiger partial charge in [0.1, 0.15) is 18.2 Å². The Hall–Kier alpha value is -1.89. The first-order valence-electron chi connectivity index (χ1n) is 5.48. The average Bonchev–Trinajstić information content (AvgIpc) is 2.70. The molecule has 4 nitrogen and oxygen atoms in total. The van der Waals surface area contributed by atoms with Crippen molar-refractivity contribution >= 4 is 21.9 Å². The van der Waals surface area contributed by atoms with E-state index in [9.17, 15) is 13.6 Å². The number of benzene rings is 1. The Labute approximate surface area is 121 Å². The van der Waals surface area contributed by atoms with Gasteiger partial charge in [0.05, 0.1) is 4.47 Å². The minimum Gasteiger partial charge on any atom is -0.484 e. The number of carboxylic acids is 1. The SMILES string of the molecule is Cc1oc(C(=O)O)cc1COc1c(F)cc(F)cc1Br. The first-order valence-corrected chi connectivity index (χ1v) is 6.27. The van der Waals surface area contributed by atoms with E-state index in [0.29, 0.717) is 17.4 Å². The molecule has 1 aromatic carbocycles. The molecule has 0 radical (unpaired) electrons. The van der Waals surface area contributed by atoms with Crippen LogP contribution < -0.4 is 4.74 Å². The molecule has 1 N–H and O–H groups in total. The van der Waals surface area contributed by atoms with Crippen molar-refractivity contribution < 1.29 is 27.8 Å². The fraction of sp³-hybridized carbons (Fsp3) is 0.154. The van der Waals surface area contributed by atoms with Gasteiger partial charge in [0.25, 0.3) is 0 Å². The summed E-state index contributed by atoms with van der Waals surface area (Å²) in [7, 11) is 0. The third kappa shape index (κ3) is 2.98. The van der Waals surface area contributed by atoms with E-state index in [1.54, 1.807) is 6.92 Å². The number of hydrogen-bond donors (Lipinski definition) is 1. The van der Waals surface area contributed by atoms with Crippen LogP contribution in [0.3, 0.4) is 0 Å².